The van der Waals surface area contributed by atoms with Crippen LogP contribution in [0.4, 0.5) is 5.00 Å². The van der Waals surface area contributed by atoms with Gasteiger partial charge in [0.2, 0.25) is 5.91 Å². The van der Waals surface area contributed by atoms with E-state index in [0.29, 0.717) is 10.6 Å². The molecule has 31 heavy (non-hydrogen) atoms. The summed E-state index contributed by atoms with van der Waals surface area (Å²) in [4.78, 5) is 39.4. The van der Waals surface area contributed by atoms with Gasteiger partial charge in [-0.3, -0.25) is 19.0 Å². The number of nitrogens with zero attached hydrogens (tertiary/aromatic N) is 1. The molecule has 1 unspecified atom stereocenters. The number of rotatable bonds is 4. The van der Waals surface area contributed by atoms with E-state index in [9.17, 15) is 14.4 Å². The Bertz CT molecular complexity index is 1290. The standard InChI is InChI=1S/C24H27N3O3S/c1-12-9-14(3)21-17(10-12)13(2)11-19(28)27(21)15(4)23(30)26-24-20(22(25)29)16-7-5-6-8-18(16)31-24/h9-11,15H,5-8H2,1-4H3,(H2,25,29)(H,26,30). The maximum absolute atomic E-state index is 13.2. The Hall–Kier alpha value is -2.93. The van der Waals surface area contributed by atoms with E-state index in [4.69, 9.17) is 5.73 Å². The number of hydrogen-bond donors (Lipinski definition) is 2. The van der Waals surface area contributed by atoms with Gasteiger partial charge in [0, 0.05) is 16.3 Å². The first kappa shape index (κ1) is 21.3. The van der Waals surface area contributed by atoms with Crippen molar-refractivity contribution in [3.63, 3.8) is 0 Å². The lowest BCUT2D eigenvalue weighted by molar-refractivity contribution is -0.118. The molecule has 2 aromatic heterocycles. The second-order valence-electron chi connectivity index (χ2n) is 8.46. The fraction of sp³-hybridized carbons (Fsp3) is 0.375. The molecule has 2 heterocycles. The minimum Gasteiger partial charge on any atom is -0.365 e. The molecule has 0 aliphatic heterocycles. The van der Waals surface area contributed by atoms with Crippen molar-refractivity contribution in [2.24, 2.45) is 5.73 Å². The van der Waals surface area contributed by atoms with Gasteiger partial charge in [-0.05, 0) is 76.1 Å². The maximum atomic E-state index is 13.2. The quantitative estimate of drug-likeness (QED) is 0.641. The van der Waals surface area contributed by atoms with Crippen molar-refractivity contribution in [2.45, 2.75) is 59.4 Å². The monoisotopic (exact) mass is 437 g/mol. The van der Waals surface area contributed by atoms with Gasteiger partial charge in [0.05, 0.1) is 11.1 Å². The van der Waals surface area contributed by atoms with E-state index < -0.39 is 11.9 Å². The average Bonchev–Trinajstić information content (AvgIpc) is 3.06. The third kappa shape index (κ3) is 3.67. The number of thiophene rings is 1. The zero-order valence-electron chi connectivity index (χ0n) is 18.3. The SMILES string of the molecule is Cc1cc(C)c2c(c1)c(C)cc(=O)n2C(C)C(=O)Nc1sc2c(c1C(N)=O)CCCC2. The largest absolute Gasteiger partial charge is 0.365 e. The Kier molecular flexibility index (Phi) is 5.47. The Balaban J connectivity index is 1.77. The Morgan fingerprint density at radius 2 is 1.81 bits per heavy atom. The van der Waals surface area contributed by atoms with Crippen LogP contribution in [0.5, 0.6) is 0 Å². The van der Waals surface area contributed by atoms with Crippen molar-refractivity contribution in [2.75, 3.05) is 5.32 Å². The molecule has 1 aliphatic carbocycles. The number of pyridine rings is 1. The van der Waals surface area contributed by atoms with E-state index >= 15 is 0 Å². The zero-order chi connectivity index (χ0) is 22.4. The lowest BCUT2D eigenvalue weighted by Gasteiger charge is -2.20. The minimum atomic E-state index is -0.753. The zero-order valence-corrected chi connectivity index (χ0v) is 19.1. The molecule has 1 atom stereocenters. The van der Waals surface area contributed by atoms with E-state index in [-0.39, 0.29) is 11.5 Å². The van der Waals surface area contributed by atoms with Gasteiger partial charge in [-0.15, -0.1) is 11.3 Å². The van der Waals surface area contributed by atoms with Gasteiger partial charge in [0.15, 0.2) is 0 Å². The molecule has 162 valence electrons. The van der Waals surface area contributed by atoms with E-state index in [1.54, 1.807) is 17.6 Å². The highest BCUT2D eigenvalue weighted by Crippen LogP contribution is 2.38. The van der Waals surface area contributed by atoms with Gasteiger partial charge >= 0.3 is 0 Å². The first-order valence-corrected chi connectivity index (χ1v) is 11.4. The van der Waals surface area contributed by atoms with Gasteiger partial charge in [-0.2, -0.15) is 0 Å². The molecule has 4 rings (SSSR count). The summed E-state index contributed by atoms with van der Waals surface area (Å²) in [7, 11) is 0. The number of primary amides is 1. The number of amides is 2. The van der Waals surface area contributed by atoms with Crippen LogP contribution in [0.2, 0.25) is 0 Å². The Morgan fingerprint density at radius 1 is 1.10 bits per heavy atom. The fourth-order valence-electron chi connectivity index (χ4n) is 4.66. The smallest absolute Gasteiger partial charge is 0.252 e. The maximum Gasteiger partial charge on any atom is 0.252 e. The number of aryl methyl sites for hydroxylation is 4. The van der Waals surface area contributed by atoms with Crippen molar-refractivity contribution in [3.8, 4) is 0 Å². The van der Waals surface area contributed by atoms with E-state index in [0.717, 1.165) is 63.7 Å². The van der Waals surface area contributed by atoms with Crippen LogP contribution in [-0.2, 0) is 17.6 Å². The second-order valence-corrected chi connectivity index (χ2v) is 9.56. The summed E-state index contributed by atoms with van der Waals surface area (Å²) < 4.78 is 1.55. The summed E-state index contributed by atoms with van der Waals surface area (Å²) >= 11 is 1.43. The first-order valence-electron chi connectivity index (χ1n) is 10.6. The molecule has 0 spiro atoms. The van der Waals surface area contributed by atoms with Crippen LogP contribution in [-0.4, -0.2) is 16.4 Å². The number of anilines is 1. The van der Waals surface area contributed by atoms with Crippen LogP contribution in [0.15, 0.2) is 23.0 Å². The molecule has 0 fully saturated rings. The summed E-state index contributed by atoms with van der Waals surface area (Å²) in [6, 6.07) is 4.87. The van der Waals surface area contributed by atoms with Gasteiger partial charge in [-0.1, -0.05) is 11.6 Å². The summed E-state index contributed by atoms with van der Waals surface area (Å²) in [6.07, 6.45) is 3.78. The second kappa shape index (κ2) is 7.96. The van der Waals surface area contributed by atoms with E-state index in [1.165, 1.54) is 11.3 Å². The number of benzene rings is 1. The van der Waals surface area contributed by atoms with Crippen LogP contribution in [0.1, 0.15) is 63.3 Å². The van der Waals surface area contributed by atoms with Crippen molar-refractivity contribution >= 4 is 39.1 Å². The van der Waals surface area contributed by atoms with Gasteiger partial charge < -0.3 is 11.1 Å². The molecule has 7 heteroatoms. The van der Waals surface area contributed by atoms with Gasteiger partial charge in [0.25, 0.3) is 11.5 Å². The van der Waals surface area contributed by atoms with Gasteiger partial charge in [0.1, 0.15) is 11.0 Å². The van der Waals surface area contributed by atoms with Crippen molar-refractivity contribution in [1.82, 2.24) is 4.57 Å². The fourth-order valence-corrected chi connectivity index (χ4v) is 5.95. The molecule has 1 aliphatic rings. The molecule has 0 bridgehead atoms. The summed E-state index contributed by atoms with van der Waals surface area (Å²) in [5.41, 5.74) is 10.5. The third-order valence-electron chi connectivity index (χ3n) is 6.11. The number of aromatic nitrogens is 1. The molecule has 0 saturated carbocycles. The number of carbonyl (C=O) groups is 2. The van der Waals surface area contributed by atoms with Crippen molar-refractivity contribution in [1.29, 1.82) is 0 Å². The third-order valence-corrected chi connectivity index (χ3v) is 7.32. The van der Waals surface area contributed by atoms with Crippen LogP contribution >= 0.6 is 11.3 Å². The molecule has 3 N–H and O–H groups in total. The van der Waals surface area contributed by atoms with E-state index in [1.807, 2.05) is 32.9 Å². The van der Waals surface area contributed by atoms with Crippen LogP contribution < -0.4 is 16.6 Å². The van der Waals surface area contributed by atoms with Crippen molar-refractivity contribution in [3.05, 3.63) is 61.2 Å². The Labute approximate surface area is 185 Å². The molecular weight excluding hydrogens is 410 g/mol. The highest BCUT2D eigenvalue weighted by Gasteiger charge is 2.27. The highest BCUT2D eigenvalue weighted by molar-refractivity contribution is 7.17. The lowest BCUT2D eigenvalue weighted by Crippen LogP contribution is -2.32. The highest BCUT2D eigenvalue weighted by atomic mass is 32.1. The molecule has 3 aromatic rings. The summed E-state index contributed by atoms with van der Waals surface area (Å²) in [6.45, 7) is 7.59. The summed E-state index contributed by atoms with van der Waals surface area (Å²) in [5, 5.41) is 4.36. The molecule has 0 radical (unpaired) electrons. The molecule has 6 nitrogen and oxygen atoms in total. The molecule has 0 saturated heterocycles. The number of hydrogen-bond acceptors (Lipinski definition) is 4. The topological polar surface area (TPSA) is 94.2 Å². The number of fused-ring (bicyclic) bond motifs is 2. The first-order chi connectivity index (χ1) is 14.7. The minimum absolute atomic E-state index is 0.222. The molecular formula is C24H27N3O3S. The predicted octanol–water partition coefficient (Wildman–Crippen LogP) is 4.17. The normalized spacial score (nSPS) is 14.3. The Morgan fingerprint density at radius 3 is 2.52 bits per heavy atom. The summed E-state index contributed by atoms with van der Waals surface area (Å²) in [5.74, 6) is -0.861. The average molecular weight is 438 g/mol. The number of nitrogens with two attached hydrogens (primary N) is 1. The van der Waals surface area contributed by atoms with Crippen LogP contribution in [0, 0.1) is 20.8 Å². The van der Waals surface area contributed by atoms with Crippen molar-refractivity contribution < 1.29 is 9.59 Å². The van der Waals surface area contributed by atoms with Crippen LogP contribution in [0.3, 0.4) is 0 Å². The van der Waals surface area contributed by atoms with Gasteiger partial charge in [-0.25, -0.2) is 0 Å². The molecule has 2 amide bonds. The number of nitrogens with one attached hydrogen (secondary N) is 1. The lowest BCUT2D eigenvalue weighted by atomic mass is 9.95. The number of carbonyl (C=O) groups excluding carboxylic acids is 2. The van der Waals surface area contributed by atoms with Crippen LogP contribution in [0.25, 0.3) is 10.9 Å². The predicted molar refractivity (Wildman–Crippen MR) is 125 cm³/mol. The van der Waals surface area contributed by atoms with E-state index in [2.05, 4.69) is 5.32 Å². The molecule has 1 aromatic carbocycles.